The van der Waals surface area contributed by atoms with E-state index in [1.807, 2.05) is 0 Å². The summed E-state index contributed by atoms with van der Waals surface area (Å²) in [6, 6.07) is 8.45. The van der Waals surface area contributed by atoms with E-state index in [2.05, 4.69) is 41.3 Å². The van der Waals surface area contributed by atoms with Crippen molar-refractivity contribution in [1.82, 2.24) is 10.1 Å². The number of nitrogens with zero attached hydrogens (tertiary/aromatic N) is 2. The number of aromatic nitrogens is 2. The third-order valence-corrected chi connectivity index (χ3v) is 8.79. The number of carbonyl (C=O) groups excluding carboxylic acids is 1. The molecule has 1 heterocycles. The van der Waals surface area contributed by atoms with Crippen LogP contribution < -0.4 is 0 Å². The number of ether oxygens (including phenoxy) is 1. The van der Waals surface area contributed by atoms with Gasteiger partial charge in [-0.2, -0.15) is 0 Å². The maximum absolute atomic E-state index is 13.1. The van der Waals surface area contributed by atoms with Crippen molar-refractivity contribution in [2.24, 2.45) is 0 Å². The van der Waals surface area contributed by atoms with Crippen molar-refractivity contribution in [2.75, 3.05) is 19.9 Å². The maximum atomic E-state index is 13.1. The van der Waals surface area contributed by atoms with E-state index in [0.29, 0.717) is 12.2 Å². The van der Waals surface area contributed by atoms with Gasteiger partial charge in [-0.05, 0) is 0 Å². The van der Waals surface area contributed by atoms with Gasteiger partial charge in [0.05, 0.1) is 0 Å². The van der Waals surface area contributed by atoms with E-state index >= 15 is 0 Å². The molecule has 8 nitrogen and oxygen atoms in total. The normalized spacial score (nSPS) is 14.5. The van der Waals surface area contributed by atoms with Crippen LogP contribution in [0.1, 0.15) is 64.4 Å². The molecule has 1 atom stereocenters. The Labute approximate surface area is 197 Å². The van der Waals surface area contributed by atoms with Gasteiger partial charge in [-0.25, -0.2) is 0 Å². The molecule has 0 saturated heterocycles. The van der Waals surface area contributed by atoms with Crippen molar-refractivity contribution >= 4 is 13.3 Å². The van der Waals surface area contributed by atoms with Crippen LogP contribution in [0.2, 0.25) is 0 Å². The molecule has 0 saturated carbocycles. The molecule has 1 aromatic carbocycles. The van der Waals surface area contributed by atoms with Crippen molar-refractivity contribution < 1.29 is 28.0 Å². The van der Waals surface area contributed by atoms with E-state index < -0.39 is 24.5 Å². The van der Waals surface area contributed by atoms with Crippen LogP contribution in [0.4, 0.5) is 0 Å². The van der Waals surface area contributed by atoms with Crippen LogP contribution in [0.25, 0.3) is 0 Å². The Balaban J connectivity index is 2.21. The molecular formula is C24H39N2O6P. The Morgan fingerprint density at radius 2 is 1.64 bits per heavy atom. The Bertz CT molecular complexity index is 894. The molecule has 1 N–H and O–H groups in total. The fourth-order valence-electron chi connectivity index (χ4n) is 3.58. The molecular weight excluding hydrogens is 443 g/mol. The van der Waals surface area contributed by atoms with E-state index in [1.54, 1.807) is 34.6 Å². The van der Waals surface area contributed by atoms with Gasteiger partial charge in [0.1, 0.15) is 0 Å². The zero-order valence-electron chi connectivity index (χ0n) is 21.0. The molecule has 186 valence electrons. The molecule has 0 aliphatic rings. The molecule has 0 radical (unpaired) electrons. The van der Waals surface area contributed by atoms with E-state index in [0.717, 1.165) is 12.8 Å². The predicted molar refractivity (Wildman–Crippen MR) is 129 cm³/mol. The molecule has 1 aromatic heterocycles. The Morgan fingerprint density at radius 3 is 2.15 bits per heavy atom. The summed E-state index contributed by atoms with van der Waals surface area (Å²) in [5.41, 5.74) is 0.616. The van der Waals surface area contributed by atoms with Crippen LogP contribution in [0.15, 0.2) is 28.8 Å². The molecule has 1 unspecified atom stereocenters. The number of hydrogen-bond acceptors (Lipinski definition) is 8. The second kappa shape index (κ2) is 11.0. The van der Waals surface area contributed by atoms with Gasteiger partial charge in [0.15, 0.2) is 0 Å². The van der Waals surface area contributed by atoms with Crippen LogP contribution in [-0.2, 0) is 44.3 Å². The number of hydrogen-bond donors (Lipinski definition) is 1. The van der Waals surface area contributed by atoms with Crippen molar-refractivity contribution in [2.45, 2.75) is 78.5 Å². The number of esters is 1. The van der Waals surface area contributed by atoms with Crippen molar-refractivity contribution in [3.8, 4) is 0 Å². The van der Waals surface area contributed by atoms with Crippen molar-refractivity contribution in [1.29, 1.82) is 0 Å². The van der Waals surface area contributed by atoms with Crippen LogP contribution >= 0.6 is 7.28 Å². The summed E-state index contributed by atoms with van der Waals surface area (Å²) in [7, 11) is -4.39. The SMILES string of the molecule is CCOP(C)(O)(OCC)C(Cc1nc(CCc2ccc(CC)cc2)no1)C(=O)OC(C)(C)C. The Kier molecular flexibility index (Phi) is 9.16. The average Bonchev–Trinajstić information content (AvgIpc) is 3.17. The topological polar surface area (TPSA) is 104 Å². The van der Waals surface area contributed by atoms with E-state index in [1.165, 1.54) is 17.8 Å². The fraction of sp³-hybridized carbons (Fsp3) is 0.625. The number of carbonyl (C=O) groups is 1. The van der Waals surface area contributed by atoms with Crippen LogP contribution in [-0.4, -0.2) is 52.1 Å². The number of aryl methyl sites for hydroxylation is 3. The molecule has 0 fully saturated rings. The van der Waals surface area contributed by atoms with E-state index in [-0.39, 0.29) is 25.5 Å². The minimum absolute atomic E-state index is 0.0437. The van der Waals surface area contributed by atoms with Crippen LogP contribution in [0.5, 0.6) is 0 Å². The van der Waals surface area contributed by atoms with Gasteiger partial charge in [-0.15, -0.1) is 0 Å². The summed E-state index contributed by atoms with van der Waals surface area (Å²) in [6.45, 7) is 12.7. The van der Waals surface area contributed by atoms with Gasteiger partial charge in [-0.3, -0.25) is 0 Å². The van der Waals surface area contributed by atoms with Gasteiger partial charge in [0.2, 0.25) is 0 Å². The second-order valence-corrected chi connectivity index (χ2v) is 13.2. The monoisotopic (exact) mass is 482 g/mol. The summed E-state index contributed by atoms with van der Waals surface area (Å²) < 4.78 is 22.5. The van der Waals surface area contributed by atoms with Gasteiger partial charge in [0.25, 0.3) is 0 Å². The van der Waals surface area contributed by atoms with Gasteiger partial charge >= 0.3 is 190 Å². The molecule has 2 rings (SSSR count). The quantitative estimate of drug-likeness (QED) is 0.344. The average molecular weight is 483 g/mol. The van der Waals surface area contributed by atoms with Crippen molar-refractivity contribution in [3.63, 3.8) is 0 Å². The first-order chi connectivity index (χ1) is 15.4. The summed E-state index contributed by atoms with van der Waals surface area (Å²) in [5.74, 6) is 0.143. The molecule has 0 aliphatic heterocycles. The van der Waals surface area contributed by atoms with Crippen LogP contribution in [0, 0.1) is 0 Å². The molecule has 33 heavy (non-hydrogen) atoms. The van der Waals surface area contributed by atoms with Gasteiger partial charge < -0.3 is 0 Å². The molecule has 2 aromatic rings. The van der Waals surface area contributed by atoms with Crippen molar-refractivity contribution in [3.05, 3.63) is 47.1 Å². The molecule has 9 heteroatoms. The third kappa shape index (κ3) is 7.85. The van der Waals surface area contributed by atoms with Crippen LogP contribution in [0.3, 0.4) is 0 Å². The Hall–Kier alpha value is -1.86. The van der Waals surface area contributed by atoms with Gasteiger partial charge in [0, 0.05) is 0 Å². The summed E-state index contributed by atoms with van der Waals surface area (Å²) in [5, 5.41) is 4.06. The third-order valence-electron chi connectivity index (χ3n) is 5.22. The first kappa shape index (κ1) is 27.4. The zero-order chi connectivity index (χ0) is 24.7. The number of rotatable bonds is 12. The summed E-state index contributed by atoms with van der Waals surface area (Å²) in [6.07, 6.45) is 2.32. The Morgan fingerprint density at radius 1 is 1.06 bits per heavy atom. The van der Waals surface area contributed by atoms with Gasteiger partial charge in [-0.1, -0.05) is 6.92 Å². The minimum atomic E-state index is -4.39. The molecule has 0 amide bonds. The fourth-order valence-corrected chi connectivity index (χ4v) is 6.37. The summed E-state index contributed by atoms with van der Waals surface area (Å²) >= 11 is 0. The molecule has 0 aliphatic carbocycles. The second-order valence-electron chi connectivity index (χ2n) is 9.25. The molecule has 0 bridgehead atoms. The van der Waals surface area contributed by atoms with E-state index in [4.69, 9.17) is 18.3 Å². The predicted octanol–water partition coefficient (Wildman–Crippen LogP) is 4.66. The first-order valence-electron chi connectivity index (χ1n) is 11.6. The number of benzene rings is 1. The standard InChI is InChI=1S/C24H39N2O6P/c1-8-18-11-13-19(14-12-18)15-16-21-25-22(32-26-21)17-20(23(27)31-24(4,5)6)33(7,28,29-9-2)30-10-3/h11-14,20,28H,8-10,15-17H2,1-7H3. The summed E-state index contributed by atoms with van der Waals surface area (Å²) in [4.78, 5) is 29.2. The zero-order valence-corrected chi connectivity index (χ0v) is 21.9. The molecule has 0 spiro atoms. The van der Waals surface area contributed by atoms with E-state index in [9.17, 15) is 9.69 Å². The first-order valence-corrected chi connectivity index (χ1v) is 14.1.